The molecule has 2 fully saturated rings. The molecule has 4 unspecified atom stereocenters. The molecular formula is C31H52N2O13. The van der Waals surface area contributed by atoms with E-state index in [1.165, 1.54) is 41.7 Å². The lowest BCUT2D eigenvalue weighted by molar-refractivity contribution is -0.323. The second kappa shape index (κ2) is 18.2. The first-order chi connectivity index (χ1) is 21.6. The van der Waals surface area contributed by atoms with Crippen molar-refractivity contribution in [1.29, 1.82) is 0 Å². The fraction of sp³-hybridized carbons (Fsp3) is 0.839. The Kier molecular flexibility index (Phi) is 15.8. The molecule has 2 aliphatic heterocycles. The third-order valence-electron chi connectivity index (χ3n) is 8.74. The van der Waals surface area contributed by atoms with Gasteiger partial charge in [-0.3, -0.25) is 19.2 Å². The van der Waals surface area contributed by atoms with E-state index in [1.54, 1.807) is 13.8 Å². The van der Waals surface area contributed by atoms with Gasteiger partial charge in [0.05, 0.1) is 31.5 Å². The number of ketones is 3. The fourth-order valence-electron chi connectivity index (χ4n) is 5.74. The van der Waals surface area contributed by atoms with Crippen molar-refractivity contribution >= 4 is 29.2 Å². The molecule has 0 aromatic heterocycles. The molecule has 15 heteroatoms. The van der Waals surface area contributed by atoms with E-state index < -0.39 is 104 Å². The second-order valence-electron chi connectivity index (χ2n) is 12.4. The van der Waals surface area contributed by atoms with Gasteiger partial charge in [0, 0.05) is 38.7 Å². The Morgan fingerprint density at radius 2 is 1.52 bits per heavy atom. The van der Waals surface area contributed by atoms with Crippen LogP contribution >= 0.6 is 0 Å². The highest BCUT2D eigenvalue weighted by molar-refractivity contribution is 5.93. The smallest absolute Gasteiger partial charge is 0.249 e. The lowest BCUT2D eigenvalue weighted by Gasteiger charge is -2.49. The van der Waals surface area contributed by atoms with Gasteiger partial charge < -0.3 is 54.4 Å². The highest BCUT2D eigenvalue weighted by Crippen LogP contribution is 2.34. The number of Topliss-reactive ketones (excluding diaryl/α,β-unsaturated/α-hetero) is 3. The van der Waals surface area contributed by atoms with E-state index in [4.69, 9.17) is 23.7 Å². The first kappa shape index (κ1) is 39.8. The van der Waals surface area contributed by atoms with Crippen molar-refractivity contribution < 1.29 is 63.0 Å². The molecule has 2 rings (SSSR count). The maximum atomic E-state index is 13.2. The van der Waals surface area contributed by atoms with Crippen molar-refractivity contribution in [2.45, 2.75) is 135 Å². The maximum Gasteiger partial charge on any atom is 0.249 e. The zero-order valence-electron chi connectivity index (χ0n) is 28.0. The number of nitrogens with one attached hydrogen (secondary N) is 2. The van der Waals surface area contributed by atoms with Crippen LogP contribution in [-0.4, -0.2) is 132 Å². The third-order valence-corrected chi connectivity index (χ3v) is 8.74. The number of hydrogen-bond donors (Lipinski definition) is 5. The molecule has 0 radical (unpaired) electrons. The molecule has 0 aromatic rings. The highest BCUT2D eigenvalue weighted by atomic mass is 16.7. The van der Waals surface area contributed by atoms with Crippen LogP contribution in [0.2, 0.25) is 0 Å². The van der Waals surface area contributed by atoms with Crippen LogP contribution < -0.4 is 10.6 Å². The number of rotatable bonds is 17. The summed E-state index contributed by atoms with van der Waals surface area (Å²) in [7, 11) is 1.33. The summed E-state index contributed by atoms with van der Waals surface area (Å²) in [5.74, 6) is -2.80. The Hall–Kier alpha value is -2.37. The molecular weight excluding hydrogens is 608 g/mol. The standard InChI is InChI=1S/C31H52N2O13/c1-14(36)9-10-21(17(4)37)11-22(39)16(3)32-30(41)19(6)44-27-15(2)18(5)43-24(13-35)29(27)46-31-25(33-20(7)38)26(40)28(42-8)23(12-34)45-31/h15-16,18-19,21,23-29,31,34-35,40H,9-13H2,1-8H3,(H,32,41)(H,33,38)/t15-,16+,18+,19-,21+,23+,24?,25?,26?,27?,28-,29-,31+/m1/s1. The predicted octanol–water partition coefficient (Wildman–Crippen LogP) is -0.803. The molecule has 2 saturated heterocycles. The molecule has 0 aliphatic carbocycles. The number of amides is 2. The van der Waals surface area contributed by atoms with E-state index in [9.17, 15) is 39.3 Å². The van der Waals surface area contributed by atoms with Gasteiger partial charge in [0.1, 0.15) is 54.2 Å². The lowest BCUT2D eigenvalue weighted by Crippen LogP contribution is -2.67. The summed E-state index contributed by atoms with van der Waals surface area (Å²) >= 11 is 0. The van der Waals surface area contributed by atoms with E-state index in [2.05, 4.69) is 10.6 Å². The topological polar surface area (TPSA) is 216 Å². The first-order valence-electron chi connectivity index (χ1n) is 15.7. The second-order valence-corrected chi connectivity index (χ2v) is 12.4. The monoisotopic (exact) mass is 660 g/mol. The van der Waals surface area contributed by atoms with Crippen LogP contribution in [0, 0.1) is 11.8 Å². The summed E-state index contributed by atoms with van der Waals surface area (Å²) in [4.78, 5) is 61.5. The quantitative estimate of drug-likeness (QED) is 0.129. The zero-order valence-corrected chi connectivity index (χ0v) is 28.0. The van der Waals surface area contributed by atoms with Crippen LogP contribution in [0.3, 0.4) is 0 Å². The number of carbonyl (C=O) groups excluding carboxylic acids is 5. The number of methoxy groups -OCH3 is 1. The average molecular weight is 661 g/mol. The molecule has 13 atom stereocenters. The summed E-state index contributed by atoms with van der Waals surface area (Å²) in [6.07, 6.45) is -8.86. The number of aliphatic hydroxyl groups excluding tert-OH is 3. The number of hydrogen-bond acceptors (Lipinski definition) is 13. The molecule has 2 heterocycles. The van der Waals surface area contributed by atoms with Crippen molar-refractivity contribution in [3.8, 4) is 0 Å². The first-order valence-corrected chi connectivity index (χ1v) is 15.7. The predicted molar refractivity (Wildman–Crippen MR) is 161 cm³/mol. The van der Waals surface area contributed by atoms with Crippen LogP contribution in [0.25, 0.3) is 0 Å². The minimum atomic E-state index is -1.34. The van der Waals surface area contributed by atoms with Gasteiger partial charge in [-0.2, -0.15) is 0 Å². The molecule has 2 aliphatic rings. The average Bonchev–Trinajstić information content (AvgIpc) is 2.99. The van der Waals surface area contributed by atoms with Crippen LogP contribution in [0.1, 0.15) is 67.7 Å². The molecule has 46 heavy (non-hydrogen) atoms. The molecule has 0 saturated carbocycles. The normalized spacial score (nSPS) is 33.4. The van der Waals surface area contributed by atoms with E-state index in [-0.39, 0.29) is 36.6 Å². The van der Waals surface area contributed by atoms with E-state index >= 15 is 0 Å². The maximum absolute atomic E-state index is 13.2. The molecule has 264 valence electrons. The third kappa shape index (κ3) is 10.6. The number of aliphatic hydroxyl groups is 3. The van der Waals surface area contributed by atoms with Gasteiger partial charge in [0.25, 0.3) is 0 Å². The van der Waals surface area contributed by atoms with Crippen molar-refractivity contribution in [2.24, 2.45) is 11.8 Å². The lowest BCUT2D eigenvalue weighted by atomic mass is 9.88. The van der Waals surface area contributed by atoms with Gasteiger partial charge in [-0.15, -0.1) is 0 Å². The summed E-state index contributed by atoms with van der Waals surface area (Å²) < 4.78 is 29.7. The van der Waals surface area contributed by atoms with Crippen molar-refractivity contribution in [1.82, 2.24) is 10.6 Å². The van der Waals surface area contributed by atoms with Crippen molar-refractivity contribution in [3.05, 3.63) is 0 Å². The molecule has 0 spiro atoms. The van der Waals surface area contributed by atoms with Gasteiger partial charge in [-0.25, -0.2) is 0 Å². The minimum Gasteiger partial charge on any atom is -0.394 e. The molecule has 0 bridgehead atoms. The number of ether oxygens (including phenoxy) is 5. The minimum absolute atomic E-state index is 0.0855. The zero-order chi connectivity index (χ0) is 34.9. The van der Waals surface area contributed by atoms with Gasteiger partial charge in [0.2, 0.25) is 11.8 Å². The molecule has 5 N–H and O–H groups in total. The van der Waals surface area contributed by atoms with Crippen LogP contribution in [0.4, 0.5) is 0 Å². The van der Waals surface area contributed by atoms with E-state index in [0.717, 1.165) is 0 Å². The summed E-state index contributed by atoms with van der Waals surface area (Å²) in [5, 5.41) is 36.3. The van der Waals surface area contributed by atoms with Crippen molar-refractivity contribution in [3.63, 3.8) is 0 Å². The molecule has 0 aromatic carbocycles. The van der Waals surface area contributed by atoms with Crippen molar-refractivity contribution in [2.75, 3.05) is 20.3 Å². The Labute approximate surface area is 270 Å². The van der Waals surface area contributed by atoms with Gasteiger partial charge in [-0.1, -0.05) is 6.92 Å². The largest absolute Gasteiger partial charge is 0.394 e. The van der Waals surface area contributed by atoms with Gasteiger partial charge in [0.15, 0.2) is 12.1 Å². The fourth-order valence-corrected chi connectivity index (χ4v) is 5.74. The highest BCUT2D eigenvalue weighted by Gasteiger charge is 2.51. The van der Waals surface area contributed by atoms with Crippen LogP contribution in [-0.2, 0) is 47.7 Å². The van der Waals surface area contributed by atoms with Gasteiger partial charge >= 0.3 is 0 Å². The Balaban J connectivity index is 2.23. The summed E-state index contributed by atoms with van der Waals surface area (Å²) in [6, 6.07) is -2.08. The van der Waals surface area contributed by atoms with E-state index in [0.29, 0.717) is 0 Å². The Morgan fingerprint density at radius 3 is 2.04 bits per heavy atom. The van der Waals surface area contributed by atoms with Crippen LogP contribution in [0.15, 0.2) is 0 Å². The Morgan fingerprint density at radius 1 is 0.913 bits per heavy atom. The molecule has 2 amide bonds. The summed E-state index contributed by atoms with van der Waals surface area (Å²) in [5.41, 5.74) is 0. The summed E-state index contributed by atoms with van der Waals surface area (Å²) in [6.45, 7) is 9.56. The van der Waals surface area contributed by atoms with E-state index in [1.807, 2.05) is 0 Å². The molecule has 15 nitrogen and oxygen atoms in total. The SMILES string of the molecule is CO[C@H]1C(O)C(NC(C)=O)[C@H](O[C@@H]2C(CO)O[C@@H](C)[C@@H](C)C2O[C@H](C)C(=O)N[C@@H](C)C(=O)C[C@H](CCC(C)=O)C(C)=O)O[C@H]1CO. The number of carbonyl (C=O) groups is 5. The Bertz CT molecular complexity index is 1060. The van der Waals surface area contributed by atoms with Gasteiger partial charge in [-0.05, 0) is 41.0 Å². The van der Waals surface area contributed by atoms with Crippen LogP contribution in [0.5, 0.6) is 0 Å².